The zero-order chi connectivity index (χ0) is 11.7. The maximum Gasteiger partial charge on any atom is 0.161 e. The molecular weight excluding hydrogens is 198 g/mol. The van der Waals surface area contributed by atoms with Crippen molar-refractivity contribution in [3.05, 3.63) is 41.1 Å². The molecular formula is C13H15N3. The Labute approximate surface area is 95.4 Å². The minimum absolute atomic E-state index is 0.502. The second-order valence-corrected chi connectivity index (χ2v) is 4.06. The molecule has 82 valence electrons. The summed E-state index contributed by atoms with van der Waals surface area (Å²) in [5, 5.41) is 0. The normalized spacial score (nSPS) is 10.4. The van der Waals surface area contributed by atoms with Crippen LogP contribution in [-0.2, 0) is 0 Å². The highest BCUT2D eigenvalue weighted by molar-refractivity contribution is 5.63. The second-order valence-electron chi connectivity index (χ2n) is 4.06. The lowest BCUT2D eigenvalue weighted by Gasteiger charge is -2.08. The Morgan fingerprint density at radius 2 is 1.69 bits per heavy atom. The van der Waals surface area contributed by atoms with Crippen LogP contribution in [0.4, 0.5) is 5.82 Å². The van der Waals surface area contributed by atoms with Gasteiger partial charge in [-0.3, -0.25) is 0 Å². The van der Waals surface area contributed by atoms with Crippen molar-refractivity contribution >= 4 is 5.82 Å². The lowest BCUT2D eigenvalue weighted by Crippen LogP contribution is -1.97. The van der Waals surface area contributed by atoms with Gasteiger partial charge in [0.1, 0.15) is 5.82 Å². The molecule has 0 radical (unpaired) electrons. The fraction of sp³-hybridized carbons (Fsp3) is 0.231. The molecule has 1 aromatic carbocycles. The standard InChI is InChI=1S/C13H15N3/c1-8-6-10(3)11(7-9(8)2)13-15-5-4-12(14)16-13/h4-7H,1-3H3,(H2,14,15,16). The summed E-state index contributed by atoms with van der Waals surface area (Å²) in [4.78, 5) is 8.49. The van der Waals surface area contributed by atoms with Gasteiger partial charge in [0, 0.05) is 11.8 Å². The smallest absolute Gasteiger partial charge is 0.161 e. The Bertz CT molecular complexity index is 533. The van der Waals surface area contributed by atoms with Crippen LogP contribution in [-0.4, -0.2) is 9.97 Å². The fourth-order valence-corrected chi connectivity index (χ4v) is 1.70. The molecule has 2 N–H and O–H groups in total. The highest BCUT2D eigenvalue weighted by atomic mass is 14.9. The fourth-order valence-electron chi connectivity index (χ4n) is 1.70. The first-order valence-corrected chi connectivity index (χ1v) is 5.24. The van der Waals surface area contributed by atoms with E-state index in [0.29, 0.717) is 11.6 Å². The van der Waals surface area contributed by atoms with Gasteiger partial charge in [-0.25, -0.2) is 9.97 Å². The molecule has 0 saturated carbocycles. The molecule has 16 heavy (non-hydrogen) atoms. The van der Waals surface area contributed by atoms with Crippen LogP contribution in [0.15, 0.2) is 24.4 Å². The molecule has 3 heteroatoms. The summed E-state index contributed by atoms with van der Waals surface area (Å²) >= 11 is 0. The maximum absolute atomic E-state index is 5.66. The molecule has 0 aliphatic heterocycles. The molecule has 0 aliphatic rings. The average Bonchev–Trinajstić information content (AvgIpc) is 2.23. The number of hydrogen-bond donors (Lipinski definition) is 1. The van der Waals surface area contributed by atoms with E-state index in [2.05, 4.69) is 42.9 Å². The number of aryl methyl sites for hydroxylation is 3. The largest absolute Gasteiger partial charge is 0.384 e. The van der Waals surface area contributed by atoms with Gasteiger partial charge in [-0.1, -0.05) is 6.07 Å². The van der Waals surface area contributed by atoms with E-state index in [1.165, 1.54) is 16.7 Å². The third-order valence-electron chi connectivity index (χ3n) is 2.76. The first kappa shape index (κ1) is 10.6. The lowest BCUT2D eigenvalue weighted by molar-refractivity contribution is 1.17. The minimum Gasteiger partial charge on any atom is -0.384 e. The zero-order valence-corrected chi connectivity index (χ0v) is 9.78. The zero-order valence-electron chi connectivity index (χ0n) is 9.78. The first-order chi connectivity index (χ1) is 7.58. The molecule has 0 fully saturated rings. The summed E-state index contributed by atoms with van der Waals surface area (Å²) in [6.45, 7) is 6.26. The molecule has 0 atom stereocenters. The van der Waals surface area contributed by atoms with E-state index in [0.717, 1.165) is 5.56 Å². The van der Waals surface area contributed by atoms with Gasteiger partial charge in [-0.15, -0.1) is 0 Å². The summed E-state index contributed by atoms with van der Waals surface area (Å²) in [5.41, 5.74) is 10.4. The van der Waals surface area contributed by atoms with Gasteiger partial charge in [0.25, 0.3) is 0 Å². The SMILES string of the molecule is Cc1cc(C)c(-c2nccc(N)n2)cc1C. The van der Waals surface area contributed by atoms with E-state index in [-0.39, 0.29) is 0 Å². The van der Waals surface area contributed by atoms with Crippen molar-refractivity contribution < 1.29 is 0 Å². The van der Waals surface area contributed by atoms with Crippen LogP contribution in [0, 0.1) is 20.8 Å². The molecule has 0 bridgehead atoms. The van der Waals surface area contributed by atoms with Gasteiger partial charge < -0.3 is 5.73 Å². The van der Waals surface area contributed by atoms with Crippen molar-refractivity contribution in [2.75, 3.05) is 5.73 Å². The third-order valence-corrected chi connectivity index (χ3v) is 2.76. The van der Waals surface area contributed by atoms with Gasteiger partial charge in [-0.05, 0) is 49.6 Å². The van der Waals surface area contributed by atoms with Gasteiger partial charge >= 0.3 is 0 Å². The predicted molar refractivity (Wildman–Crippen MR) is 66.1 cm³/mol. The Kier molecular flexibility index (Phi) is 2.60. The van der Waals surface area contributed by atoms with Crippen molar-refractivity contribution in [2.24, 2.45) is 0 Å². The van der Waals surface area contributed by atoms with E-state index in [1.807, 2.05) is 0 Å². The molecule has 1 aromatic heterocycles. The van der Waals surface area contributed by atoms with E-state index in [1.54, 1.807) is 12.3 Å². The van der Waals surface area contributed by atoms with Crippen molar-refractivity contribution in [1.82, 2.24) is 9.97 Å². The maximum atomic E-state index is 5.66. The third kappa shape index (κ3) is 1.89. The van der Waals surface area contributed by atoms with Crippen molar-refractivity contribution in [2.45, 2.75) is 20.8 Å². The number of nitrogens with two attached hydrogens (primary N) is 1. The quantitative estimate of drug-likeness (QED) is 0.792. The first-order valence-electron chi connectivity index (χ1n) is 5.24. The molecule has 3 nitrogen and oxygen atoms in total. The Morgan fingerprint density at radius 1 is 1.00 bits per heavy atom. The Morgan fingerprint density at radius 3 is 2.38 bits per heavy atom. The molecule has 1 heterocycles. The van der Waals surface area contributed by atoms with E-state index in [9.17, 15) is 0 Å². The van der Waals surface area contributed by atoms with Crippen LogP contribution >= 0.6 is 0 Å². The summed E-state index contributed by atoms with van der Waals surface area (Å²) in [7, 11) is 0. The molecule has 0 spiro atoms. The van der Waals surface area contributed by atoms with Crippen molar-refractivity contribution in [1.29, 1.82) is 0 Å². The number of hydrogen-bond acceptors (Lipinski definition) is 3. The van der Waals surface area contributed by atoms with E-state index >= 15 is 0 Å². The van der Waals surface area contributed by atoms with Crippen LogP contribution in [0.2, 0.25) is 0 Å². The number of nitrogens with zero attached hydrogens (tertiary/aromatic N) is 2. The van der Waals surface area contributed by atoms with Crippen LogP contribution in [0.3, 0.4) is 0 Å². The van der Waals surface area contributed by atoms with Crippen LogP contribution in [0.25, 0.3) is 11.4 Å². The molecule has 2 rings (SSSR count). The topological polar surface area (TPSA) is 51.8 Å². The molecule has 0 unspecified atom stereocenters. The summed E-state index contributed by atoms with van der Waals surface area (Å²) in [5.74, 6) is 1.20. The van der Waals surface area contributed by atoms with E-state index < -0.39 is 0 Å². The van der Waals surface area contributed by atoms with Crippen LogP contribution in [0.5, 0.6) is 0 Å². The number of rotatable bonds is 1. The summed E-state index contributed by atoms with van der Waals surface area (Å²) in [6, 6.07) is 5.95. The number of nitrogen functional groups attached to an aromatic ring is 1. The highest BCUT2D eigenvalue weighted by Crippen LogP contribution is 2.23. The summed E-state index contributed by atoms with van der Waals surface area (Å²) in [6.07, 6.45) is 1.69. The predicted octanol–water partition coefficient (Wildman–Crippen LogP) is 2.65. The van der Waals surface area contributed by atoms with Gasteiger partial charge in [0.05, 0.1) is 0 Å². The number of aromatic nitrogens is 2. The van der Waals surface area contributed by atoms with Crippen LogP contribution in [0.1, 0.15) is 16.7 Å². The number of benzene rings is 1. The molecule has 0 saturated heterocycles. The molecule has 0 amide bonds. The second kappa shape index (κ2) is 3.93. The summed E-state index contributed by atoms with van der Waals surface area (Å²) < 4.78 is 0. The lowest BCUT2D eigenvalue weighted by atomic mass is 10.0. The van der Waals surface area contributed by atoms with Gasteiger partial charge in [0.2, 0.25) is 0 Å². The van der Waals surface area contributed by atoms with Gasteiger partial charge in [-0.2, -0.15) is 0 Å². The van der Waals surface area contributed by atoms with Crippen LogP contribution < -0.4 is 5.73 Å². The highest BCUT2D eigenvalue weighted by Gasteiger charge is 2.07. The molecule has 2 aromatic rings. The van der Waals surface area contributed by atoms with Crippen molar-refractivity contribution in [3.8, 4) is 11.4 Å². The molecule has 0 aliphatic carbocycles. The van der Waals surface area contributed by atoms with Crippen molar-refractivity contribution in [3.63, 3.8) is 0 Å². The number of anilines is 1. The van der Waals surface area contributed by atoms with E-state index in [4.69, 9.17) is 5.73 Å². The van der Waals surface area contributed by atoms with Gasteiger partial charge in [0.15, 0.2) is 5.82 Å². The minimum atomic E-state index is 0.502. The Hall–Kier alpha value is -1.90. The average molecular weight is 213 g/mol. The monoisotopic (exact) mass is 213 g/mol. The Balaban J connectivity index is 2.60.